The van der Waals surface area contributed by atoms with Crippen LogP contribution in [0.15, 0.2) is 170 Å². The van der Waals surface area contributed by atoms with E-state index in [4.69, 9.17) is 4.74 Å². The molecule has 58 heavy (non-hydrogen) atoms. The quantitative estimate of drug-likeness (QED) is 0.113. The van der Waals surface area contributed by atoms with E-state index in [9.17, 15) is 4.79 Å². The minimum Gasteiger partial charge on any atom is -0.457 e. The first-order valence-corrected chi connectivity index (χ1v) is 23.2. The van der Waals surface area contributed by atoms with Crippen molar-refractivity contribution in [3.05, 3.63) is 192 Å². The third-order valence-corrected chi connectivity index (χ3v) is 17.3. The third kappa shape index (κ3) is 7.73. The predicted molar refractivity (Wildman–Crippen MR) is 255 cm³/mol. The van der Waals surface area contributed by atoms with Crippen LogP contribution in [0.1, 0.15) is 43.0 Å². The minimum absolute atomic E-state index is 0.319. The first-order valence-electron chi connectivity index (χ1n) is 20.0. The van der Waals surface area contributed by atoms with Crippen LogP contribution in [0.3, 0.4) is 0 Å². The maximum Gasteiger partial charge on any atom is 0.332 e. The van der Waals surface area contributed by atoms with Crippen molar-refractivity contribution in [1.29, 1.82) is 0 Å². The van der Waals surface area contributed by atoms with Gasteiger partial charge in [-0.25, -0.2) is 4.79 Å². The highest BCUT2D eigenvalue weighted by Crippen LogP contribution is 2.50. The molecule has 0 aliphatic heterocycles. The number of carbonyl (C=O) groups excluding carboxylic acids is 1. The largest absolute Gasteiger partial charge is 0.457 e. The van der Waals surface area contributed by atoms with E-state index >= 15 is 0 Å². The summed E-state index contributed by atoms with van der Waals surface area (Å²) in [5.74, 6) is 1.63. The van der Waals surface area contributed by atoms with Gasteiger partial charge in [0, 0.05) is 5.80 Å². The molecule has 8 rings (SSSR count). The summed E-state index contributed by atoms with van der Waals surface area (Å²) >= 11 is 0. The monoisotopic (exact) mass is 792 g/mol. The van der Waals surface area contributed by atoms with E-state index in [1.54, 1.807) is 0 Å². The number of hydrogen-bond acceptors (Lipinski definition) is 2. The standard InChI is InChI=1S/C54H50O2P2/c1-37-16-26-43(27-17-37)57(44-28-18-38(2)19-29-44)49-34-24-41-12-8-10-14-47(41)52(49)53-48-15-11-9-13-42(48)25-35-50(53)58(36-51(55)56-54(5,6)7,45-30-20-39(3)21-31-45)46-32-22-40(4)23-33-46/h8-36H,1-7H3. The fraction of sp³-hybridized carbons (Fsp3) is 0.148. The van der Waals surface area contributed by atoms with Crippen LogP contribution >= 0.6 is 14.8 Å². The first kappa shape index (κ1) is 39.3. The third-order valence-electron chi connectivity index (χ3n) is 10.9. The van der Waals surface area contributed by atoms with Crippen LogP contribution in [-0.2, 0) is 9.53 Å². The molecule has 0 radical (unpaired) electrons. The van der Waals surface area contributed by atoms with Gasteiger partial charge < -0.3 is 4.74 Å². The summed E-state index contributed by atoms with van der Waals surface area (Å²) in [6.07, 6.45) is 0. The van der Waals surface area contributed by atoms with E-state index in [0.29, 0.717) is 0 Å². The maximum atomic E-state index is 14.6. The normalized spacial score (nSPS) is 11.9. The fourth-order valence-corrected chi connectivity index (χ4v) is 14.3. The van der Waals surface area contributed by atoms with Crippen LogP contribution in [0.4, 0.5) is 0 Å². The van der Waals surface area contributed by atoms with Crippen molar-refractivity contribution in [1.82, 2.24) is 0 Å². The number of ether oxygens (including phenoxy) is 1. The van der Waals surface area contributed by atoms with Crippen molar-refractivity contribution < 1.29 is 9.53 Å². The van der Waals surface area contributed by atoms with Gasteiger partial charge in [-0.05, 0) is 128 Å². The average molecular weight is 793 g/mol. The molecule has 0 atom stereocenters. The molecular formula is C54H50O2P2. The molecule has 0 heterocycles. The van der Waals surface area contributed by atoms with Gasteiger partial charge >= 0.3 is 5.97 Å². The zero-order chi connectivity index (χ0) is 40.6. The SMILES string of the molecule is Cc1ccc(P(c2ccc(C)cc2)c2ccc3ccccc3c2-c2c(P(=CC(=O)OC(C)(C)C)(c3ccc(C)cc3)c3ccc(C)cc3)ccc3ccccc23)cc1. The van der Waals surface area contributed by atoms with Gasteiger partial charge in [-0.2, -0.15) is 0 Å². The second kappa shape index (κ2) is 16.0. The number of esters is 1. The number of fused-ring (bicyclic) bond motifs is 2. The van der Waals surface area contributed by atoms with Gasteiger partial charge in [0.15, 0.2) is 0 Å². The molecular weight excluding hydrogens is 743 g/mol. The number of carbonyl (C=O) groups is 1. The highest BCUT2D eigenvalue weighted by Gasteiger charge is 2.34. The Labute approximate surface area is 345 Å². The molecule has 0 N–H and O–H groups in total. The highest BCUT2D eigenvalue weighted by atomic mass is 31.2. The van der Waals surface area contributed by atoms with Gasteiger partial charge in [0.25, 0.3) is 0 Å². The van der Waals surface area contributed by atoms with Crippen molar-refractivity contribution >= 4 is 79.9 Å². The van der Waals surface area contributed by atoms with E-state index in [2.05, 4.69) is 198 Å². The van der Waals surface area contributed by atoms with E-state index in [0.717, 1.165) is 32.2 Å². The van der Waals surface area contributed by atoms with Gasteiger partial charge in [-0.1, -0.05) is 192 Å². The minimum atomic E-state index is -2.92. The van der Waals surface area contributed by atoms with Crippen molar-refractivity contribution in [2.75, 3.05) is 0 Å². The Bertz CT molecular complexity index is 2730. The molecule has 0 aliphatic carbocycles. The lowest BCUT2D eigenvalue weighted by atomic mass is 9.93. The Hall–Kier alpha value is -5.52. The second-order valence-corrected chi connectivity index (χ2v) is 21.8. The molecule has 0 amide bonds. The van der Waals surface area contributed by atoms with E-state index in [1.165, 1.54) is 54.5 Å². The molecule has 0 spiro atoms. The van der Waals surface area contributed by atoms with Gasteiger partial charge in [0.05, 0.1) is 0 Å². The van der Waals surface area contributed by atoms with E-state index < -0.39 is 20.4 Å². The van der Waals surface area contributed by atoms with Crippen molar-refractivity contribution in [2.24, 2.45) is 0 Å². The molecule has 4 heteroatoms. The fourth-order valence-electron chi connectivity index (χ4n) is 8.03. The molecule has 8 aromatic carbocycles. The Morgan fingerprint density at radius 3 is 1.38 bits per heavy atom. The van der Waals surface area contributed by atoms with Gasteiger partial charge in [0.1, 0.15) is 5.60 Å². The number of rotatable bonds is 8. The van der Waals surface area contributed by atoms with Gasteiger partial charge in [0.2, 0.25) is 0 Å². The lowest BCUT2D eigenvalue weighted by Gasteiger charge is -2.33. The molecule has 0 unspecified atom stereocenters. The predicted octanol–water partition coefficient (Wildman–Crippen LogP) is 11.1. The maximum absolute atomic E-state index is 14.6. The zero-order valence-corrected chi connectivity index (χ0v) is 36.2. The molecule has 0 bridgehead atoms. The van der Waals surface area contributed by atoms with Crippen LogP contribution in [0.2, 0.25) is 0 Å². The molecule has 8 aromatic rings. The molecule has 0 saturated carbocycles. The number of benzene rings is 8. The summed E-state index contributed by atoms with van der Waals surface area (Å²) in [5, 5.41) is 11.9. The zero-order valence-electron chi connectivity index (χ0n) is 34.5. The summed E-state index contributed by atoms with van der Waals surface area (Å²) < 4.78 is 6.24. The Morgan fingerprint density at radius 1 is 0.500 bits per heavy atom. The average Bonchev–Trinajstić information content (AvgIpc) is 3.21. The lowest BCUT2D eigenvalue weighted by Crippen LogP contribution is -2.33. The van der Waals surface area contributed by atoms with E-state index in [-0.39, 0.29) is 5.97 Å². The van der Waals surface area contributed by atoms with Crippen LogP contribution < -0.4 is 31.8 Å². The van der Waals surface area contributed by atoms with Crippen LogP contribution in [-0.4, -0.2) is 17.4 Å². The van der Waals surface area contributed by atoms with Crippen LogP contribution in [0.5, 0.6) is 0 Å². The summed E-state index contributed by atoms with van der Waals surface area (Å²) in [7, 11) is -1.03. The molecule has 0 aromatic heterocycles. The van der Waals surface area contributed by atoms with Crippen LogP contribution in [0, 0.1) is 27.7 Å². The Balaban J connectivity index is 1.60. The second-order valence-electron chi connectivity index (χ2n) is 16.4. The summed E-state index contributed by atoms with van der Waals surface area (Å²) in [6, 6.07) is 62.7. The van der Waals surface area contributed by atoms with Crippen molar-refractivity contribution in [3.63, 3.8) is 0 Å². The smallest absolute Gasteiger partial charge is 0.332 e. The number of hydrogen-bond donors (Lipinski definition) is 0. The molecule has 0 saturated heterocycles. The Kier molecular flexibility index (Phi) is 10.9. The van der Waals surface area contributed by atoms with Gasteiger partial charge in [-0.3, -0.25) is 0 Å². The van der Waals surface area contributed by atoms with E-state index in [1.807, 2.05) is 26.6 Å². The topological polar surface area (TPSA) is 26.3 Å². The molecule has 0 aliphatic rings. The molecule has 0 fully saturated rings. The summed E-state index contributed by atoms with van der Waals surface area (Å²) in [5.41, 5.74) is 6.50. The van der Waals surface area contributed by atoms with Crippen molar-refractivity contribution in [2.45, 2.75) is 54.1 Å². The highest BCUT2D eigenvalue weighted by molar-refractivity contribution is 7.95. The Morgan fingerprint density at radius 2 is 0.914 bits per heavy atom. The molecule has 288 valence electrons. The molecule has 2 nitrogen and oxygen atoms in total. The first-order chi connectivity index (χ1) is 27.9. The number of aryl methyl sites for hydroxylation is 4. The lowest BCUT2D eigenvalue weighted by molar-refractivity contribution is -0.145. The van der Waals surface area contributed by atoms with Crippen molar-refractivity contribution in [3.8, 4) is 11.1 Å². The summed E-state index contributed by atoms with van der Waals surface area (Å²) in [6.45, 7) is 11.5. The van der Waals surface area contributed by atoms with Crippen LogP contribution in [0.25, 0.3) is 32.7 Å². The van der Waals surface area contributed by atoms with Gasteiger partial charge in [-0.15, -0.1) is 0 Å². The summed E-state index contributed by atoms with van der Waals surface area (Å²) in [4.78, 5) is 14.6.